The Kier molecular flexibility index (Phi) is 4.91. The van der Waals surface area contributed by atoms with Crippen LogP contribution < -0.4 is 9.47 Å². The monoisotopic (exact) mass is 285 g/mol. The molecule has 1 aliphatic rings. The fraction of sp³-hybridized carbons (Fsp3) is 0.571. The molecule has 19 heavy (non-hydrogen) atoms. The fourth-order valence-electron chi connectivity index (χ4n) is 2.25. The van der Waals surface area contributed by atoms with Gasteiger partial charge in [-0.1, -0.05) is 11.6 Å². The summed E-state index contributed by atoms with van der Waals surface area (Å²) in [6.07, 6.45) is 1.61. The highest BCUT2D eigenvalue weighted by Gasteiger charge is 2.27. The Morgan fingerprint density at radius 3 is 2.74 bits per heavy atom. The van der Waals surface area contributed by atoms with Crippen molar-refractivity contribution in [1.29, 1.82) is 0 Å². The van der Waals surface area contributed by atoms with Crippen LogP contribution in [-0.4, -0.2) is 50.0 Å². The zero-order valence-corrected chi connectivity index (χ0v) is 12.1. The Morgan fingerprint density at radius 2 is 2.16 bits per heavy atom. The Hall–Kier alpha value is -0.970. The van der Waals surface area contributed by atoms with Gasteiger partial charge in [0.15, 0.2) is 11.5 Å². The molecule has 1 fully saturated rings. The van der Waals surface area contributed by atoms with Crippen molar-refractivity contribution in [2.75, 3.05) is 33.9 Å². The van der Waals surface area contributed by atoms with Crippen LogP contribution in [0.3, 0.4) is 0 Å². The minimum absolute atomic E-state index is 0.153. The number of aryl methyl sites for hydroxylation is 1. The lowest BCUT2D eigenvalue weighted by Gasteiger charge is -2.36. The van der Waals surface area contributed by atoms with Crippen molar-refractivity contribution in [1.82, 2.24) is 4.90 Å². The van der Waals surface area contributed by atoms with Gasteiger partial charge in [-0.25, -0.2) is 0 Å². The quantitative estimate of drug-likeness (QED) is 0.868. The lowest BCUT2D eigenvalue weighted by atomic mass is 10.1. The minimum atomic E-state index is 0.153. The van der Waals surface area contributed by atoms with Gasteiger partial charge < -0.3 is 14.6 Å². The average Bonchev–Trinajstić information content (AvgIpc) is 2.36. The summed E-state index contributed by atoms with van der Waals surface area (Å²) in [5.41, 5.74) is 0.993. The van der Waals surface area contributed by atoms with Crippen LogP contribution in [0.4, 0.5) is 0 Å². The molecule has 106 valence electrons. The first-order valence-electron chi connectivity index (χ1n) is 6.46. The zero-order chi connectivity index (χ0) is 13.8. The molecule has 0 unspecified atom stereocenters. The Bertz CT molecular complexity index is 433. The van der Waals surface area contributed by atoms with E-state index in [9.17, 15) is 0 Å². The summed E-state index contributed by atoms with van der Waals surface area (Å²) in [5, 5.41) is 9.60. The highest BCUT2D eigenvalue weighted by molar-refractivity contribution is 6.30. The Labute approximate surface area is 118 Å². The number of rotatable bonds is 6. The molecule has 0 aliphatic carbocycles. The third-order valence-corrected chi connectivity index (χ3v) is 3.45. The van der Waals surface area contributed by atoms with E-state index in [-0.39, 0.29) is 12.7 Å². The van der Waals surface area contributed by atoms with Crippen LogP contribution in [-0.2, 0) is 6.42 Å². The van der Waals surface area contributed by atoms with E-state index in [0.29, 0.717) is 17.2 Å². The maximum Gasteiger partial charge on any atom is 0.165 e. The molecular formula is C14H20ClNO3. The van der Waals surface area contributed by atoms with Gasteiger partial charge in [-0.05, 0) is 31.5 Å². The van der Waals surface area contributed by atoms with E-state index in [1.165, 1.54) is 0 Å². The number of nitrogens with zero attached hydrogens (tertiary/aromatic N) is 1. The van der Waals surface area contributed by atoms with Gasteiger partial charge in [-0.15, -0.1) is 0 Å². The molecule has 0 radical (unpaired) electrons. The molecule has 0 bridgehead atoms. The van der Waals surface area contributed by atoms with Gasteiger partial charge in [0.25, 0.3) is 0 Å². The summed E-state index contributed by atoms with van der Waals surface area (Å²) in [6.45, 7) is 2.00. The summed E-state index contributed by atoms with van der Waals surface area (Å²) in [5.74, 6) is 1.42. The van der Waals surface area contributed by atoms with E-state index < -0.39 is 0 Å². The summed E-state index contributed by atoms with van der Waals surface area (Å²) in [7, 11) is 3.67. The van der Waals surface area contributed by atoms with E-state index in [1.807, 2.05) is 6.07 Å². The van der Waals surface area contributed by atoms with Crippen LogP contribution in [0.2, 0.25) is 5.02 Å². The Balaban J connectivity index is 2.20. The number of aliphatic hydroxyl groups excluding tert-OH is 1. The lowest BCUT2D eigenvalue weighted by molar-refractivity contribution is 0.0362. The molecule has 0 spiro atoms. The lowest BCUT2D eigenvalue weighted by Crippen LogP contribution is -2.51. The van der Waals surface area contributed by atoms with E-state index in [4.69, 9.17) is 26.2 Å². The van der Waals surface area contributed by atoms with Crippen molar-refractivity contribution in [3.63, 3.8) is 0 Å². The SMILES string of the molecule is COc1cc(Cl)cc(CCCO)c1OC1CN(C)C1. The molecule has 5 heteroatoms. The number of benzene rings is 1. The molecule has 1 aromatic carbocycles. The molecule has 4 nitrogen and oxygen atoms in total. The van der Waals surface area contributed by atoms with Crippen LogP contribution >= 0.6 is 11.6 Å². The topological polar surface area (TPSA) is 41.9 Å². The van der Waals surface area contributed by atoms with E-state index in [1.54, 1.807) is 13.2 Å². The maximum absolute atomic E-state index is 8.98. The number of hydrogen-bond donors (Lipinski definition) is 1. The molecule has 0 atom stereocenters. The highest BCUT2D eigenvalue weighted by atomic mass is 35.5. The average molecular weight is 286 g/mol. The first kappa shape index (κ1) is 14.4. The number of likely N-dealkylation sites (N-methyl/N-ethyl adjacent to an activating group) is 1. The number of methoxy groups -OCH3 is 1. The van der Waals surface area contributed by atoms with Crippen LogP contribution in [0.5, 0.6) is 11.5 Å². The van der Waals surface area contributed by atoms with Crippen molar-refractivity contribution in [3.05, 3.63) is 22.7 Å². The zero-order valence-electron chi connectivity index (χ0n) is 11.4. The van der Waals surface area contributed by atoms with Gasteiger partial charge in [-0.2, -0.15) is 0 Å². The van der Waals surface area contributed by atoms with Crippen LogP contribution in [0.25, 0.3) is 0 Å². The molecule has 1 N–H and O–H groups in total. The molecule has 1 aliphatic heterocycles. The first-order valence-corrected chi connectivity index (χ1v) is 6.84. The number of hydrogen-bond acceptors (Lipinski definition) is 4. The van der Waals surface area contributed by atoms with Gasteiger partial charge >= 0.3 is 0 Å². The van der Waals surface area contributed by atoms with Gasteiger partial charge in [0.1, 0.15) is 6.10 Å². The number of ether oxygens (including phenoxy) is 2. The summed E-state index contributed by atoms with van der Waals surface area (Å²) >= 11 is 6.08. The number of likely N-dealkylation sites (tertiary alicyclic amines) is 1. The summed E-state index contributed by atoms with van der Waals surface area (Å²) in [4.78, 5) is 2.19. The van der Waals surface area contributed by atoms with E-state index in [0.717, 1.165) is 30.8 Å². The number of aliphatic hydroxyl groups is 1. The van der Waals surface area contributed by atoms with Gasteiger partial charge in [0.05, 0.1) is 7.11 Å². The van der Waals surface area contributed by atoms with Crippen molar-refractivity contribution >= 4 is 11.6 Å². The van der Waals surface area contributed by atoms with Crippen molar-refractivity contribution in [3.8, 4) is 11.5 Å². The maximum atomic E-state index is 8.98. The normalized spacial score (nSPS) is 16.2. The second kappa shape index (κ2) is 6.46. The predicted molar refractivity (Wildman–Crippen MR) is 75.3 cm³/mol. The van der Waals surface area contributed by atoms with Crippen molar-refractivity contribution in [2.45, 2.75) is 18.9 Å². The summed E-state index contributed by atoms with van der Waals surface area (Å²) < 4.78 is 11.4. The fourth-order valence-corrected chi connectivity index (χ4v) is 2.48. The molecule has 1 saturated heterocycles. The second-order valence-corrected chi connectivity index (χ2v) is 5.32. The van der Waals surface area contributed by atoms with Gasteiger partial charge in [0.2, 0.25) is 0 Å². The molecule has 2 rings (SSSR count). The first-order chi connectivity index (χ1) is 9.13. The van der Waals surface area contributed by atoms with Gasteiger partial charge in [-0.3, -0.25) is 4.90 Å². The molecule has 0 saturated carbocycles. The largest absolute Gasteiger partial charge is 0.493 e. The molecule has 0 amide bonds. The predicted octanol–water partition coefficient (Wildman–Crippen LogP) is 1.97. The van der Waals surface area contributed by atoms with Crippen LogP contribution in [0, 0.1) is 0 Å². The van der Waals surface area contributed by atoms with Crippen molar-refractivity contribution in [2.24, 2.45) is 0 Å². The highest BCUT2D eigenvalue weighted by Crippen LogP contribution is 2.36. The smallest absolute Gasteiger partial charge is 0.165 e. The summed E-state index contributed by atoms with van der Waals surface area (Å²) in [6, 6.07) is 3.65. The Morgan fingerprint density at radius 1 is 1.42 bits per heavy atom. The standard InChI is InChI=1S/C14H20ClNO3/c1-16-8-12(9-16)19-14-10(4-3-5-17)6-11(15)7-13(14)18-2/h6-7,12,17H,3-5,8-9H2,1-2H3. The van der Waals surface area contributed by atoms with Crippen LogP contribution in [0.1, 0.15) is 12.0 Å². The van der Waals surface area contributed by atoms with E-state index >= 15 is 0 Å². The van der Waals surface area contributed by atoms with Crippen LogP contribution in [0.15, 0.2) is 12.1 Å². The molecular weight excluding hydrogens is 266 g/mol. The third-order valence-electron chi connectivity index (χ3n) is 3.24. The molecule has 0 aromatic heterocycles. The van der Waals surface area contributed by atoms with Crippen molar-refractivity contribution < 1.29 is 14.6 Å². The van der Waals surface area contributed by atoms with Gasteiger partial charge in [0, 0.05) is 30.8 Å². The molecule has 1 heterocycles. The number of halogens is 1. The minimum Gasteiger partial charge on any atom is -0.493 e. The van der Waals surface area contributed by atoms with E-state index in [2.05, 4.69) is 11.9 Å². The third kappa shape index (κ3) is 3.53. The molecule has 1 aromatic rings. The second-order valence-electron chi connectivity index (χ2n) is 4.88.